The molecule has 0 aliphatic carbocycles. The lowest BCUT2D eigenvalue weighted by Gasteiger charge is -2.14. The zero-order valence-corrected chi connectivity index (χ0v) is 10.1. The lowest BCUT2D eigenvalue weighted by Crippen LogP contribution is -2.33. The first-order valence-electron chi connectivity index (χ1n) is 5.12. The van der Waals surface area contributed by atoms with Gasteiger partial charge in [0.1, 0.15) is 0 Å². The Morgan fingerprint density at radius 3 is 2.83 bits per heavy atom. The number of benzene rings is 1. The van der Waals surface area contributed by atoms with Crippen LogP contribution in [0.3, 0.4) is 0 Å². The van der Waals surface area contributed by atoms with Crippen LogP contribution in [0.5, 0.6) is 0 Å². The van der Waals surface area contributed by atoms with Gasteiger partial charge in [-0.25, -0.2) is 4.79 Å². The molecule has 2 rings (SSSR count). The van der Waals surface area contributed by atoms with Crippen LogP contribution in [0.15, 0.2) is 24.3 Å². The molecular formula is C11H10N2O4S. The summed E-state index contributed by atoms with van der Waals surface area (Å²) in [4.78, 5) is 34.5. The number of nitrogens with one attached hydrogen (secondary N) is 1. The number of amides is 2. The normalized spacial score (nSPS) is 15.0. The highest BCUT2D eigenvalue weighted by molar-refractivity contribution is 8.14. The van der Waals surface area contributed by atoms with E-state index in [4.69, 9.17) is 5.11 Å². The van der Waals surface area contributed by atoms with Crippen molar-refractivity contribution in [3.8, 4) is 0 Å². The zero-order valence-electron chi connectivity index (χ0n) is 9.25. The molecule has 0 spiro atoms. The van der Waals surface area contributed by atoms with E-state index < -0.39 is 5.97 Å². The van der Waals surface area contributed by atoms with Gasteiger partial charge in [-0.3, -0.25) is 14.5 Å². The molecule has 0 saturated carbocycles. The van der Waals surface area contributed by atoms with E-state index in [0.717, 1.165) is 16.7 Å². The average molecular weight is 266 g/mol. The minimum Gasteiger partial charge on any atom is -0.478 e. The van der Waals surface area contributed by atoms with Gasteiger partial charge in [-0.1, -0.05) is 17.8 Å². The lowest BCUT2D eigenvalue weighted by molar-refractivity contribution is -0.124. The Bertz CT molecular complexity index is 502. The molecule has 6 nitrogen and oxygen atoms in total. The second kappa shape index (κ2) is 5.09. The molecule has 0 atom stereocenters. The van der Waals surface area contributed by atoms with E-state index in [1.165, 1.54) is 12.1 Å². The summed E-state index contributed by atoms with van der Waals surface area (Å²) in [6.45, 7) is 0.0493. The minimum atomic E-state index is -1.03. The lowest BCUT2D eigenvalue weighted by atomic mass is 10.2. The van der Waals surface area contributed by atoms with Gasteiger partial charge in [0.05, 0.1) is 18.0 Å². The number of hydrogen-bond acceptors (Lipinski definition) is 5. The number of thioether (sulfide) groups is 1. The molecule has 2 N–H and O–H groups in total. The monoisotopic (exact) mass is 266 g/mol. The fraction of sp³-hybridized carbons (Fsp3) is 0.182. The first-order valence-corrected chi connectivity index (χ1v) is 6.11. The number of carboxylic acid groups (broad SMARTS) is 1. The van der Waals surface area contributed by atoms with Crippen molar-refractivity contribution in [2.24, 2.45) is 0 Å². The summed E-state index contributed by atoms with van der Waals surface area (Å²) >= 11 is 0.960. The molecule has 0 bridgehead atoms. The number of rotatable bonds is 4. The Labute approximate surface area is 107 Å². The Balaban J connectivity index is 2.02. The molecule has 1 saturated heterocycles. The van der Waals surface area contributed by atoms with Gasteiger partial charge in [-0.05, 0) is 18.2 Å². The van der Waals surface area contributed by atoms with Crippen LogP contribution >= 0.6 is 11.8 Å². The Hall–Kier alpha value is -2.02. The quantitative estimate of drug-likeness (QED) is 0.857. The van der Waals surface area contributed by atoms with Crippen molar-refractivity contribution < 1.29 is 19.5 Å². The third-order valence-corrected chi connectivity index (χ3v) is 3.25. The highest BCUT2D eigenvalue weighted by atomic mass is 32.2. The Kier molecular flexibility index (Phi) is 3.52. The van der Waals surface area contributed by atoms with Crippen LogP contribution in [0.1, 0.15) is 10.4 Å². The molecule has 1 aromatic carbocycles. The second-order valence-electron chi connectivity index (χ2n) is 3.60. The highest BCUT2D eigenvalue weighted by Gasteiger charge is 2.29. The van der Waals surface area contributed by atoms with Crippen molar-refractivity contribution in [3.63, 3.8) is 0 Å². The SMILES string of the molecule is O=C(O)c1cccc(NCN2C(=O)CSC2=O)c1. The predicted octanol–water partition coefficient (Wildman–Crippen LogP) is 1.45. The molecule has 0 radical (unpaired) electrons. The molecule has 1 aromatic rings. The van der Waals surface area contributed by atoms with Crippen molar-refractivity contribution in [2.45, 2.75) is 0 Å². The number of imide groups is 1. The Morgan fingerprint density at radius 2 is 2.22 bits per heavy atom. The van der Waals surface area contributed by atoms with Crippen LogP contribution in [0, 0.1) is 0 Å². The topological polar surface area (TPSA) is 86.7 Å². The van der Waals surface area contributed by atoms with E-state index >= 15 is 0 Å². The van der Waals surface area contributed by atoms with Gasteiger partial charge in [0, 0.05) is 5.69 Å². The number of carbonyl (C=O) groups excluding carboxylic acids is 2. The number of anilines is 1. The number of carbonyl (C=O) groups is 3. The van der Waals surface area contributed by atoms with Crippen molar-refractivity contribution in [1.29, 1.82) is 0 Å². The van der Waals surface area contributed by atoms with Crippen molar-refractivity contribution in [3.05, 3.63) is 29.8 Å². The van der Waals surface area contributed by atoms with Gasteiger partial charge in [0.2, 0.25) is 5.91 Å². The molecule has 18 heavy (non-hydrogen) atoms. The molecule has 0 unspecified atom stereocenters. The third kappa shape index (κ3) is 2.62. The highest BCUT2D eigenvalue weighted by Crippen LogP contribution is 2.19. The molecule has 1 aliphatic rings. The van der Waals surface area contributed by atoms with E-state index in [2.05, 4.69) is 5.32 Å². The van der Waals surface area contributed by atoms with Crippen LogP contribution in [-0.2, 0) is 4.79 Å². The van der Waals surface area contributed by atoms with Crippen molar-refractivity contribution in [2.75, 3.05) is 17.7 Å². The van der Waals surface area contributed by atoms with Gasteiger partial charge in [-0.2, -0.15) is 0 Å². The van der Waals surface area contributed by atoms with E-state index in [9.17, 15) is 14.4 Å². The maximum Gasteiger partial charge on any atom is 0.335 e. The maximum absolute atomic E-state index is 11.3. The molecular weight excluding hydrogens is 256 g/mol. The minimum absolute atomic E-state index is 0.0493. The second-order valence-corrected chi connectivity index (χ2v) is 4.52. The van der Waals surface area contributed by atoms with Gasteiger partial charge < -0.3 is 10.4 Å². The molecule has 0 aromatic heterocycles. The van der Waals surface area contributed by atoms with Crippen LogP contribution in [0.4, 0.5) is 10.5 Å². The number of hydrogen-bond donors (Lipinski definition) is 2. The largest absolute Gasteiger partial charge is 0.478 e. The standard InChI is InChI=1S/C11H10N2O4S/c14-9-5-18-11(17)13(9)6-12-8-3-1-2-7(4-8)10(15)16/h1-4,12H,5-6H2,(H,15,16). The fourth-order valence-electron chi connectivity index (χ4n) is 1.47. The fourth-order valence-corrected chi connectivity index (χ4v) is 2.19. The maximum atomic E-state index is 11.3. The van der Waals surface area contributed by atoms with E-state index in [1.807, 2.05) is 0 Å². The summed E-state index contributed by atoms with van der Waals surface area (Å²) < 4.78 is 0. The van der Waals surface area contributed by atoms with Gasteiger partial charge in [0.25, 0.3) is 5.24 Å². The van der Waals surface area contributed by atoms with Gasteiger partial charge in [-0.15, -0.1) is 0 Å². The van der Waals surface area contributed by atoms with Crippen molar-refractivity contribution in [1.82, 2.24) is 4.90 Å². The first-order chi connectivity index (χ1) is 8.58. The van der Waals surface area contributed by atoms with Crippen LogP contribution in [-0.4, -0.2) is 39.5 Å². The number of nitrogens with zero attached hydrogens (tertiary/aromatic N) is 1. The van der Waals surface area contributed by atoms with Gasteiger partial charge >= 0.3 is 5.97 Å². The van der Waals surface area contributed by atoms with Crippen LogP contribution in [0.25, 0.3) is 0 Å². The molecule has 7 heteroatoms. The molecule has 1 aliphatic heterocycles. The van der Waals surface area contributed by atoms with E-state index in [-0.39, 0.29) is 29.1 Å². The molecule has 1 heterocycles. The summed E-state index contributed by atoms with van der Waals surface area (Å²) in [7, 11) is 0. The van der Waals surface area contributed by atoms with E-state index in [0.29, 0.717) is 5.69 Å². The van der Waals surface area contributed by atoms with Crippen LogP contribution in [0.2, 0.25) is 0 Å². The molecule has 2 amide bonds. The van der Waals surface area contributed by atoms with Crippen LogP contribution < -0.4 is 5.32 Å². The zero-order chi connectivity index (χ0) is 13.1. The summed E-state index contributed by atoms with van der Waals surface area (Å²) in [6, 6.07) is 6.18. The number of carboxylic acids is 1. The smallest absolute Gasteiger partial charge is 0.335 e. The summed E-state index contributed by atoms with van der Waals surface area (Å²) in [6.07, 6.45) is 0. The molecule has 94 valence electrons. The van der Waals surface area contributed by atoms with E-state index in [1.54, 1.807) is 12.1 Å². The summed E-state index contributed by atoms with van der Waals surface area (Å²) in [5, 5.41) is 11.4. The Morgan fingerprint density at radius 1 is 1.44 bits per heavy atom. The van der Waals surface area contributed by atoms with Gasteiger partial charge in [0.15, 0.2) is 0 Å². The summed E-state index contributed by atoms with van der Waals surface area (Å²) in [5.74, 6) is -1.11. The van der Waals surface area contributed by atoms with Crippen molar-refractivity contribution >= 4 is 34.6 Å². The molecule has 1 fully saturated rings. The average Bonchev–Trinajstić information content (AvgIpc) is 2.67. The first kappa shape index (κ1) is 12.4. The number of aromatic carboxylic acids is 1. The third-order valence-electron chi connectivity index (χ3n) is 2.39. The summed E-state index contributed by atoms with van der Waals surface area (Å²) in [5.41, 5.74) is 0.695. The predicted molar refractivity (Wildman–Crippen MR) is 66.6 cm³/mol.